The number of fused-ring (bicyclic) bond motifs is 2. The number of hydrazine groups is 1. The summed E-state index contributed by atoms with van der Waals surface area (Å²) >= 11 is 0. The molecule has 0 saturated carbocycles. The Morgan fingerprint density at radius 1 is 1.05 bits per heavy atom. The maximum atomic E-state index is 13.4. The highest BCUT2D eigenvalue weighted by molar-refractivity contribution is 7.91. The molecule has 1 amide bonds. The van der Waals surface area contributed by atoms with E-state index in [1.165, 1.54) is 29.2 Å². The zero-order chi connectivity index (χ0) is 27.7. The number of rotatable bonds is 10. The molecule has 2 atom stereocenters. The molecule has 15 heteroatoms. The van der Waals surface area contributed by atoms with Crippen LogP contribution in [0, 0.1) is 4.91 Å². The second-order valence-corrected chi connectivity index (χ2v) is 11.1. The van der Waals surface area contributed by atoms with E-state index < -0.39 is 64.7 Å². The van der Waals surface area contributed by atoms with Crippen molar-refractivity contribution in [3.05, 3.63) is 70.4 Å². The summed E-state index contributed by atoms with van der Waals surface area (Å²) in [6.07, 6.45) is -9.11. The highest BCUT2D eigenvalue weighted by Gasteiger charge is 2.41. The Hall–Kier alpha value is -3.56. The second-order valence-electron chi connectivity index (χ2n) is 8.78. The molecule has 38 heavy (non-hydrogen) atoms. The smallest absolute Gasteiger partial charge is 0.375 e. The van der Waals surface area contributed by atoms with E-state index in [1.807, 2.05) is 12.1 Å². The summed E-state index contributed by atoms with van der Waals surface area (Å²) in [7, 11) is -3.95. The van der Waals surface area contributed by atoms with Crippen molar-refractivity contribution in [2.75, 3.05) is 18.1 Å². The lowest BCUT2D eigenvalue weighted by atomic mass is 10.1. The van der Waals surface area contributed by atoms with Gasteiger partial charge in [-0.1, -0.05) is 36.4 Å². The van der Waals surface area contributed by atoms with Crippen LogP contribution in [0.2, 0.25) is 0 Å². The lowest BCUT2D eigenvalue weighted by Gasteiger charge is -2.19. The van der Waals surface area contributed by atoms with Gasteiger partial charge >= 0.3 is 12.4 Å². The number of hydrogen-bond donors (Lipinski definition) is 3. The number of aryl methyl sites for hydroxylation is 1. The van der Waals surface area contributed by atoms with E-state index in [0.29, 0.717) is 0 Å². The molecule has 1 aliphatic rings. The molecule has 2 heterocycles. The van der Waals surface area contributed by atoms with E-state index in [2.05, 4.69) is 10.4 Å². The van der Waals surface area contributed by atoms with Gasteiger partial charge in [-0.3, -0.25) is 4.79 Å². The number of aliphatic hydroxyl groups is 2. The molecule has 0 saturated heterocycles. The molecule has 204 valence electrons. The number of alkyl halides is 3. The Morgan fingerprint density at radius 3 is 2.29 bits per heavy atom. The Kier molecular flexibility index (Phi) is 7.71. The first-order valence-electron chi connectivity index (χ1n) is 11.5. The van der Waals surface area contributed by atoms with Crippen LogP contribution in [0.25, 0.3) is 11.0 Å². The standard InChI is InChI=1S/C23H25F3N5O6S/c24-23(25,26)22-28-17-7-3-4-8-18(17)30(22)10-12-38(36,37)11-9-27-31(35)21(34)19(32)20(33)29-13-15-5-1-2-6-16(15)14-29/h1-8,19,21,32,34H,9-14H2,(H,27,35)/q+1/t19-,21+/m0/s1. The number of aromatic nitrogens is 2. The van der Waals surface area contributed by atoms with Gasteiger partial charge < -0.3 is 19.7 Å². The first kappa shape index (κ1) is 27.5. The lowest BCUT2D eigenvalue weighted by Crippen LogP contribution is -2.50. The number of aliphatic hydroxyl groups excluding tert-OH is 2. The first-order chi connectivity index (χ1) is 17.9. The molecule has 1 aliphatic heterocycles. The molecular formula is C23H25F3N5O6S+. The van der Waals surface area contributed by atoms with Gasteiger partial charge in [0.15, 0.2) is 14.7 Å². The number of nitrogens with one attached hydrogen (secondary N) is 1. The number of benzene rings is 2. The molecule has 2 aromatic carbocycles. The quantitative estimate of drug-likeness (QED) is 0.190. The number of halogens is 3. The third kappa shape index (κ3) is 5.95. The Balaban J connectivity index is 1.29. The largest absolute Gasteiger partial charge is 0.449 e. The molecule has 0 unspecified atom stereocenters. The highest BCUT2D eigenvalue weighted by atomic mass is 32.2. The van der Waals surface area contributed by atoms with Crippen molar-refractivity contribution in [2.24, 2.45) is 0 Å². The fourth-order valence-corrected chi connectivity index (χ4v) is 5.25. The third-order valence-corrected chi connectivity index (χ3v) is 7.77. The van der Waals surface area contributed by atoms with Crippen LogP contribution >= 0.6 is 0 Å². The predicted molar refractivity (Wildman–Crippen MR) is 128 cm³/mol. The number of para-hydroxylation sites is 2. The fraction of sp³-hybridized carbons (Fsp3) is 0.391. The minimum Gasteiger partial charge on any atom is -0.375 e. The van der Waals surface area contributed by atoms with Crippen LogP contribution in [0.3, 0.4) is 0 Å². The van der Waals surface area contributed by atoms with Gasteiger partial charge in [0.1, 0.15) is 0 Å². The zero-order valence-corrected chi connectivity index (χ0v) is 20.7. The number of carbonyl (C=O) groups excluding carboxylic acids is 1. The van der Waals surface area contributed by atoms with Crippen molar-refractivity contribution < 1.29 is 41.5 Å². The number of imidazole rings is 1. The van der Waals surface area contributed by atoms with E-state index in [4.69, 9.17) is 0 Å². The topological polar surface area (TPSA) is 145 Å². The minimum atomic E-state index is -4.79. The summed E-state index contributed by atoms with van der Waals surface area (Å²) in [6, 6.07) is 13.0. The number of sulfone groups is 1. The van der Waals surface area contributed by atoms with E-state index in [1.54, 1.807) is 12.1 Å². The van der Waals surface area contributed by atoms with Crippen LogP contribution in [0.15, 0.2) is 48.5 Å². The summed E-state index contributed by atoms with van der Waals surface area (Å²) in [5.41, 5.74) is 4.00. The van der Waals surface area contributed by atoms with E-state index in [9.17, 15) is 41.5 Å². The molecule has 0 radical (unpaired) electrons. The SMILES string of the molecule is O=C([C@H](O)[C@@H](O)[N+](=O)NCCS(=O)(=O)CCn1c(C(F)(F)F)nc2ccccc21)N1Cc2ccccc2C1. The number of amides is 1. The zero-order valence-electron chi connectivity index (χ0n) is 19.9. The number of hydrogen-bond acceptors (Lipinski definition) is 7. The predicted octanol–water partition coefficient (Wildman–Crippen LogP) is 0.975. The van der Waals surface area contributed by atoms with E-state index in [-0.39, 0.29) is 29.0 Å². The molecule has 1 aromatic heterocycles. The van der Waals surface area contributed by atoms with Gasteiger partial charge in [0.25, 0.3) is 5.91 Å². The van der Waals surface area contributed by atoms with Crippen LogP contribution in [0.1, 0.15) is 17.0 Å². The molecule has 3 aromatic rings. The lowest BCUT2D eigenvalue weighted by molar-refractivity contribution is -0.682. The average molecular weight is 557 g/mol. The molecule has 0 bridgehead atoms. The molecule has 0 aliphatic carbocycles. The average Bonchev–Trinajstić information content (AvgIpc) is 3.47. The highest BCUT2D eigenvalue weighted by Crippen LogP contribution is 2.31. The maximum Gasteiger partial charge on any atom is 0.449 e. The number of carbonyl (C=O) groups is 1. The molecular weight excluding hydrogens is 531 g/mol. The van der Waals surface area contributed by atoms with Crippen molar-refractivity contribution in [1.29, 1.82) is 0 Å². The van der Waals surface area contributed by atoms with Gasteiger partial charge in [0.05, 0.1) is 34.0 Å². The number of nitroso groups, excluding NO2 is 1. The summed E-state index contributed by atoms with van der Waals surface area (Å²) in [5, 5.41) is 20.3. The molecule has 11 nitrogen and oxygen atoms in total. The van der Waals surface area contributed by atoms with Gasteiger partial charge in [-0.05, 0) is 23.3 Å². The summed E-state index contributed by atoms with van der Waals surface area (Å²) in [5.74, 6) is -3.42. The monoisotopic (exact) mass is 556 g/mol. The van der Waals surface area contributed by atoms with Crippen molar-refractivity contribution in [3.8, 4) is 0 Å². The summed E-state index contributed by atoms with van der Waals surface area (Å²) < 4.78 is 65.9. The molecule has 0 fully saturated rings. The van der Waals surface area contributed by atoms with Crippen molar-refractivity contribution in [2.45, 2.75) is 38.1 Å². The molecule has 3 N–H and O–H groups in total. The molecule has 4 rings (SSSR count). The minimum absolute atomic E-state index is 0.0702. The van der Waals surface area contributed by atoms with Crippen LogP contribution in [-0.4, -0.2) is 74.2 Å². The van der Waals surface area contributed by atoms with Gasteiger partial charge in [-0.15, -0.1) is 5.43 Å². The van der Waals surface area contributed by atoms with Crippen LogP contribution in [0.5, 0.6) is 0 Å². The van der Waals surface area contributed by atoms with Crippen LogP contribution in [0.4, 0.5) is 13.2 Å². The second kappa shape index (κ2) is 10.7. The third-order valence-electron chi connectivity index (χ3n) is 6.14. The Bertz CT molecular complexity index is 1430. The summed E-state index contributed by atoms with van der Waals surface area (Å²) in [6.45, 7) is -0.639. The van der Waals surface area contributed by atoms with Crippen molar-refractivity contribution in [3.63, 3.8) is 0 Å². The van der Waals surface area contributed by atoms with Crippen LogP contribution in [-0.2, 0) is 40.4 Å². The maximum absolute atomic E-state index is 13.4. The van der Waals surface area contributed by atoms with E-state index in [0.717, 1.165) is 15.7 Å². The van der Waals surface area contributed by atoms with Gasteiger partial charge in [-0.25, -0.2) is 13.4 Å². The van der Waals surface area contributed by atoms with Gasteiger partial charge in [-0.2, -0.15) is 13.2 Å². The first-order valence-corrected chi connectivity index (χ1v) is 13.3. The fourth-order valence-electron chi connectivity index (χ4n) is 4.19. The Labute approximate surface area is 215 Å². The van der Waals surface area contributed by atoms with Crippen LogP contribution < -0.4 is 5.43 Å². The van der Waals surface area contributed by atoms with Crippen molar-refractivity contribution in [1.82, 2.24) is 19.9 Å². The van der Waals surface area contributed by atoms with E-state index >= 15 is 0 Å². The Morgan fingerprint density at radius 2 is 1.66 bits per heavy atom. The van der Waals surface area contributed by atoms with Gasteiger partial charge in [0.2, 0.25) is 11.9 Å². The van der Waals surface area contributed by atoms with Crippen molar-refractivity contribution >= 4 is 26.8 Å². The summed E-state index contributed by atoms with van der Waals surface area (Å²) in [4.78, 5) is 29.3. The van der Waals surface area contributed by atoms with Gasteiger partial charge in [0, 0.05) is 19.6 Å². The normalized spacial score (nSPS) is 15.3. The number of nitrogens with zero attached hydrogens (tertiary/aromatic N) is 4. The molecule has 0 spiro atoms.